The summed E-state index contributed by atoms with van der Waals surface area (Å²) in [5, 5.41) is 8.66. The lowest BCUT2D eigenvalue weighted by molar-refractivity contribution is -0.119. The molecule has 6 nitrogen and oxygen atoms in total. The Bertz CT molecular complexity index is 367. The van der Waals surface area contributed by atoms with Crippen molar-refractivity contribution >= 4 is 17.5 Å². The summed E-state index contributed by atoms with van der Waals surface area (Å²) < 4.78 is 0. The number of carbonyl (C=O) groups is 1. The van der Waals surface area contributed by atoms with Gasteiger partial charge in [0.15, 0.2) is 0 Å². The number of rotatable bonds is 6. The standard InChI is InChI=1S/C11H19N5O/c1-8(2)5-14-11(17)6-13-10-4-9(12-3)15-7-16-10/h4,7-8H,5-6H2,1-3H3,(H,14,17)(H2,12,13,15,16). The van der Waals surface area contributed by atoms with Crippen LogP contribution >= 0.6 is 0 Å². The fourth-order valence-electron chi connectivity index (χ4n) is 1.14. The molecule has 6 heteroatoms. The molecule has 1 rings (SSSR count). The Morgan fingerprint density at radius 1 is 1.35 bits per heavy atom. The van der Waals surface area contributed by atoms with Crippen molar-refractivity contribution in [3.63, 3.8) is 0 Å². The number of carbonyl (C=O) groups excluding carboxylic acids is 1. The van der Waals surface area contributed by atoms with E-state index in [9.17, 15) is 4.79 Å². The third-order valence-electron chi connectivity index (χ3n) is 2.06. The van der Waals surface area contributed by atoms with Crippen LogP contribution < -0.4 is 16.0 Å². The summed E-state index contributed by atoms with van der Waals surface area (Å²) in [4.78, 5) is 19.4. The molecule has 0 spiro atoms. The minimum atomic E-state index is -0.0386. The van der Waals surface area contributed by atoms with Crippen molar-refractivity contribution < 1.29 is 4.79 Å². The largest absolute Gasteiger partial charge is 0.373 e. The quantitative estimate of drug-likeness (QED) is 0.679. The highest BCUT2D eigenvalue weighted by Crippen LogP contribution is 2.06. The highest BCUT2D eigenvalue weighted by molar-refractivity contribution is 5.80. The van der Waals surface area contributed by atoms with Crippen molar-refractivity contribution in [3.05, 3.63) is 12.4 Å². The summed E-state index contributed by atoms with van der Waals surface area (Å²) in [6.45, 7) is 5.01. The van der Waals surface area contributed by atoms with E-state index in [0.717, 1.165) is 0 Å². The van der Waals surface area contributed by atoms with Crippen LogP contribution in [-0.2, 0) is 4.79 Å². The molecule has 94 valence electrons. The number of aromatic nitrogens is 2. The van der Waals surface area contributed by atoms with Gasteiger partial charge in [0.1, 0.15) is 18.0 Å². The lowest BCUT2D eigenvalue weighted by Gasteiger charge is -2.09. The molecule has 0 saturated heterocycles. The summed E-state index contributed by atoms with van der Waals surface area (Å²) in [5.74, 6) is 1.76. The first-order valence-corrected chi connectivity index (χ1v) is 5.62. The summed E-state index contributed by atoms with van der Waals surface area (Å²) in [6.07, 6.45) is 1.44. The van der Waals surface area contributed by atoms with E-state index in [1.165, 1.54) is 6.33 Å². The molecule has 0 saturated carbocycles. The van der Waals surface area contributed by atoms with Gasteiger partial charge in [-0.3, -0.25) is 4.79 Å². The molecular weight excluding hydrogens is 218 g/mol. The summed E-state index contributed by atoms with van der Waals surface area (Å²) in [6, 6.07) is 1.75. The maximum atomic E-state index is 11.4. The van der Waals surface area contributed by atoms with Crippen molar-refractivity contribution in [1.29, 1.82) is 0 Å². The Morgan fingerprint density at radius 3 is 2.71 bits per heavy atom. The number of anilines is 2. The summed E-state index contributed by atoms with van der Waals surface area (Å²) >= 11 is 0. The predicted octanol–water partition coefficient (Wildman–Crippen LogP) is 0.702. The van der Waals surface area contributed by atoms with Crippen LogP contribution in [0.1, 0.15) is 13.8 Å². The molecule has 0 atom stereocenters. The Morgan fingerprint density at radius 2 is 2.06 bits per heavy atom. The van der Waals surface area contributed by atoms with Crippen LogP contribution in [0.3, 0.4) is 0 Å². The average molecular weight is 237 g/mol. The molecule has 0 radical (unpaired) electrons. The monoisotopic (exact) mass is 237 g/mol. The highest BCUT2D eigenvalue weighted by atomic mass is 16.1. The Kier molecular flexibility index (Phi) is 5.19. The van der Waals surface area contributed by atoms with Crippen molar-refractivity contribution in [2.75, 3.05) is 30.8 Å². The minimum absolute atomic E-state index is 0.0386. The Hall–Kier alpha value is -1.85. The maximum Gasteiger partial charge on any atom is 0.239 e. The molecule has 1 aromatic rings. The Labute approximate surface area is 101 Å². The van der Waals surface area contributed by atoms with E-state index in [0.29, 0.717) is 24.1 Å². The molecule has 0 bridgehead atoms. The average Bonchev–Trinajstić information content (AvgIpc) is 2.34. The second-order valence-electron chi connectivity index (χ2n) is 4.09. The van der Waals surface area contributed by atoms with Gasteiger partial charge in [0.05, 0.1) is 6.54 Å². The van der Waals surface area contributed by atoms with E-state index in [1.54, 1.807) is 13.1 Å². The normalized spacial score (nSPS) is 10.1. The molecule has 1 amide bonds. The number of hydrogen-bond donors (Lipinski definition) is 3. The number of hydrogen-bond acceptors (Lipinski definition) is 5. The van der Waals surface area contributed by atoms with E-state index in [2.05, 4.69) is 39.8 Å². The number of amides is 1. The zero-order chi connectivity index (χ0) is 12.7. The van der Waals surface area contributed by atoms with Crippen LogP contribution in [0.4, 0.5) is 11.6 Å². The van der Waals surface area contributed by atoms with Crippen LogP contribution in [0, 0.1) is 5.92 Å². The Balaban J connectivity index is 2.36. The first-order valence-electron chi connectivity index (χ1n) is 5.62. The topological polar surface area (TPSA) is 78.9 Å². The van der Waals surface area contributed by atoms with Gasteiger partial charge >= 0.3 is 0 Å². The third-order valence-corrected chi connectivity index (χ3v) is 2.06. The van der Waals surface area contributed by atoms with E-state index < -0.39 is 0 Å². The summed E-state index contributed by atoms with van der Waals surface area (Å²) in [5.41, 5.74) is 0. The summed E-state index contributed by atoms with van der Waals surface area (Å²) in [7, 11) is 1.78. The second-order valence-corrected chi connectivity index (χ2v) is 4.09. The molecule has 0 aliphatic rings. The van der Waals surface area contributed by atoms with Crippen LogP contribution in [0.25, 0.3) is 0 Å². The maximum absolute atomic E-state index is 11.4. The zero-order valence-corrected chi connectivity index (χ0v) is 10.4. The first kappa shape index (κ1) is 13.2. The smallest absolute Gasteiger partial charge is 0.239 e. The molecule has 0 aliphatic heterocycles. The van der Waals surface area contributed by atoms with Crippen LogP contribution in [0.15, 0.2) is 12.4 Å². The van der Waals surface area contributed by atoms with E-state index >= 15 is 0 Å². The van der Waals surface area contributed by atoms with Crippen molar-refractivity contribution in [2.45, 2.75) is 13.8 Å². The highest BCUT2D eigenvalue weighted by Gasteiger charge is 2.03. The van der Waals surface area contributed by atoms with E-state index in [-0.39, 0.29) is 12.5 Å². The lowest BCUT2D eigenvalue weighted by atomic mass is 10.2. The molecule has 17 heavy (non-hydrogen) atoms. The van der Waals surface area contributed by atoms with Crippen molar-refractivity contribution in [3.8, 4) is 0 Å². The third kappa shape index (κ3) is 5.14. The van der Waals surface area contributed by atoms with Gasteiger partial charge in [0.2, 0.25) is 5.91 Å². The number of nitrogens with zero attached hydrogens (tertiary/aromatic N) is 2. The molecule has 0 fully saturated rings. The van der Waals surface area contributed by atoms with Gasteiger partial charge in [-0.2, -0.15) is 0 Å². The van der Waals surface area contributed by atoms with Gasteiger partial charge in [-0.1, -0.05) is 13.8 Å². The zero-order valence-electron chi connectivity index (χ0n) is 10.4. The first-order chi connectivity index (χ1) is 8.11. The molecular formula is C11H19N5O. The molecule has 1 aromatic heterocycles. The molecule has 0 unspecified atom stereocenters. The van der Waals surface area contributed by atoms with Crippen molar-refractivity contribution in [1.82, 2.24) is 15.3 Å². The van der Waals surface area contributed by atoms with E-state index in [1.807, 2.05) is 0 Å². The van der Waals surface area contributed by atoms with Gasteiger partial charge in [-0.05, 0) is 5.92 Å². The van der Waals surface area contributed by atoms with Gasteiger partial charge in [0.25, 0.3) is 0 Å². The lowest BCUT2D eigenvalue weighted by Crippen LogP contribution is -2.32. The van der Waals surface area contributed by atoms with Crippen LogP contribution in [0.5, 0.6) is 0 Å². The molecule has 1 heterocycles. The SMILES string of the molecule is CNc1cc(NCC(=O)NCC(C)C)ncn1. The van der Waals surface area contributed by atoms with Crippen LogP contribution in [-0.4, -0.2) is 36.0 Å². The van der Waals surface area contributed by atoms with Gasteiger partial charge in [0, 0.05) is 19.7 Å². The fraction of sp³-hybridized carbons (Fsp3) is 0.545. The molecule has 3 N–H and O–H groups in total. The van der Waals surface area contributed by atoms with Gasteiger partial charge in [-0.15, -0.1) is 0 Å². The van der Waals surface area contributed by atoms with Crippen LogP contribution in [0.2, 0.25) is 0 Å². The van der Waals surface area contributed by atoms with Gasteiger partial charge in [-0.25, -0.2) is 9.97 Å². The number of nitrogens with one attached hydrogen (secondary N) is 3. The second kappa shape index (κ2) is 6.67. The van der Waals surface area contributed by atoms with Gasteiger partial charge < -0.3 is 16.0 Å². The van der Waals surface area contributed by atoms with E-state index in [4.69, 9.17) is 0 Å². The minimum Gasteiger partial charge on any atom is -0.373 e. The molecule has 0 aromatic carbocycles. The fourth-order valence-corrected chi connectivity index (χ4v) is 1.14. The van der Waals surface area contributed by atoms with Crippen molar-refractivity contribution in [2.24, 2.45) is 5.92 Å². The molecule has 0 aliphatic carbocycles. The predicted molar refractivity (Wildman–Crippen MR) is 67.9 cm³/mol.